The molecule has 3 aromatic heterocycles. The number of aromatic nitrogens is 5. The molecule has 9 nitrogen and oxygen atoms in total. The lowest BCUT2D eigenvalue weighted by Gasteiger charge is -2.41. The lowest BCUT2D eigenvalue weighted by atomic mass is 9.89. The van der Waals surface area contributed by atoms with E-state index in [2.05, 4.69) is 60.0 Å². The van der Waals surface area contributed by atoms with E-state index in [0.717, 1.165) is 64.7 Å². The fourth-order valence-electron chi connectivity index (χ4n) is 6.44. The van der Waals surface area contributed by atoms with Crippen molar-refractivity contribution >= 4 is 62.6 Å². The van der Waals surface area contributed by atoms with Crippen LogP contribution < -0.4 is 11.1 Å². The Morgan fingerprint density at radius 1 is 0.881 bits per heavy atom. The molecule has 2 aliphatic rings. The van der Waals surface area contributed by atoms with Crippen LogP contribution in [0.25, 0.3) is 33.1 Å². The van der Waals surface area contributed by atoms with Gasteiger partial charge in [0.05, 0.1) is 20.9 Å². The summed E-state index contributed by atoms with van der Waals surface area (Å²) in [5.74, 6) is 0.987. The zero-order valence-electron chi connectivity index (χ0n) is 23.5. The fourth-order valence-corrected chi connectivity index (χ4v) is 6.77. The van der Waals surface area contributed by atoms with E-state index in [1.807, 2.05) is 12.1 Å². The SMILES string of the molecule is CN1CCN(C2CCC(n3cc(-c4ccc(Nc5ncc6cc(Cl)c(Cl)cc6n5)cc4)c4c(N)ncnc43)CC2)CC1. The van der Waals surface area contributed by atoms with Crippen LogP contribution in [0.4, 0.5) is 17.5 Å². The zero-order valence-corrected chi connectivity index (χ0v) is 25.0. The van der Waals surface area contributed by atoms with Crippen LogP contribution in [0.15, 0.2) is 55.1 Å². The average Bonchev–Trinajstić information content (AvgIpc) is 3.40. The number of hydrogen-bond donors (Lipinski definition) is 2. The number of halogens is 2. The van der Waals surface area contributed by atoms with Crippen LogP contribution in [0.2, 0.25) is 10.0 Å². The van der Waals surface area contributed by atoms with Crippen molar-refractivity contribution < 1.29 is 0 Å². The largest absolute Gasteiger partial charge is 0.383 e. The highest BCUT2D eigenvalue weighted by Crippen LogP contribution is 2.39. The normalized spacial score (nSPS) is 20.4. The molecule has 42 heavy (non-hydrogen) atoms. The van der Waals surface area contributed by atoms with Gasteiger partial charge < -0.3 is 20.5 Å². The van der Waals surface area contributed by atoms with Gasteiger partial charge in [-0.25, -0.2) is 19.9 Å². The minimum atomic E-state index is 0.397. The number of rotatable bonds is 5. The Labute approximate surface area is 254 Å². The van der Waals surface area contributed by atoms with Gasteiger partial charge in [-0.3, -0.25) is 4.90 Å². The van der Waals surface area contributed by atoms with E-state index in [1.165, 1.54) is 25.9 Å². The molecule has 216 valence electrons. The predicted molar refractivity (Wildman–Crippen MR) is 171 cm³/mol. The van der Waals surface area contributed by atoms with Crippen molar-refractivity contribution in [3.63, 3.8) is 0 Å². The van der Waals surface area contributed by atoms with Crippen molar-refractivity contribution in [3.8, 4) is 11.1 Å². The van der Waals surface area contributed by atoms with E-state index in [4.69, 9.17) is 33.9 Å². The maximum atomic E-state index is 6.44. The monoisotopic (exact) mass is 601 g/mol. The second-order valence-electron chi connectivity index (χ2n) is 11.4. The van der Waals surface area contributed by atoms with Crippen molar-refractivity contribution in [2.24, 2.45) is 0 Å². The van der Waals surface area contributed by atoms with E-state index < -0.39 is 0 Å². The lowest BCUT2D eigenvalue weighted by Crippen LogP contribution is -2.49. The number of nitrogen functional groups attached to an aromatic ring is 1. The quantitative estimate of drug-likeness (QED) is 0.238. The Bertz CT molecular complexity index is 1740. The number of benzene rings is 2. The molecule has 1 saturated heterocycles. The van der Waals surface area contributed by atoms with E-state index in [-0.39, 0.29) is 0 Å². The minimum absolute atomic E-state index is 0.397. The molecular formula is C31H33Cl2N9. The van der Waals surface area contributed by atoms with Gasteiger partial charge in [-0.1, -0.05) is 35.3 Å². The average molecular weight is 603 g/mol. The van der Waals surface area contributed by atoms with Crippen LogP contribution in [-0.2, 0) is 0 Å². The van der Waals surface area contributed by atoms with Crippen molar-refractivity contribution in [1.29, 1.82) is 0 Å². The summed E-state index contributed by atoms with van der Waals surface area (Å²) in [6.07, 6.45) is 10.2. The zero-order chi connectivity index (χ0) is 28.8. The van der Waals surface area contributed by atoms with E-state index in [0.29, 0.717) is 33.9 Å². The van der Waals surface area contributed by atoms with Crippen molar-refractivity contribution in [2.45, 2.75) is 37.8 Å². The highest BCUT2D eigenvalue weighted by molar-refractivity contribution is 6.42. The first-order valence-electron chi connectivity index (χ1n) is 14.5. The Hall–Kier alpha value is -3.50. The molecule has 0 atom stereocenters. The van der Waals surface area contributed by atoms with Crippen LogP contribution in [0, 0.1) is 0 Å². The molecule has 0 unspecified atom stereocenters. The summed E-state index contributed by atoms with van der Waals surface area (Å²) >= 11 is 12.3. The van der Waals surface area contributed by atoms with Gasteiger partial charge in [0.25, 0.3) is 0 Å². The summed E-state index contributed by atoms with van der Waals surface area (Å²) in [4.78, 5) is 23.2. The standard InChI is InChI=1S/C31H33Cl2N9/c1-40-10-12-41(13-11-40)22-6-8-23(9-7-22)42-17-24(28-29(34)36-18-37-30(28)42)19-2-4-21(5-3-19)38-31-35-16-20-14-25(32)26(33)15-27(20)39-31/h2-5,14-18,22-23H,6-13H2,1H3,(H2,34,36,37)(H,35,38,39). The van der Waals surface area contributed by atoms with Crippen molar-refractivity contribution in [2.75, 3.05) is 44.3 Å². The van der Waals surface area contributed by atoms with Gasteiger partial charge in [0.1, 0.15) is 17.8 Å². The Balaban J connectivity index is 1.12. The second-order valence-corrected chi connectivity index (χ2v) is 12.2. The maximum absolute atomic E-state index is 6.44. The number of anilines is 3. The number of hydrogen-bond acceptors (Lipinski definition) is 8. The van der Waals surface area contributed by atoms with Gasteiger partial charge in [0, 0.05) is 67.3 Å². The molecule has 1 aliphatic carbocycles. The second kappa shape index (κ2) is 11.3. The molecule has 11 heteroatoms. The maximum Gasteiger partial charge on any atom is 0.227 e. The van der Waals surface area contributed by atoms with Crippen LogP contribution in [0.1, 0.15) is 31.7 Å². The third-order valence-electron chi connectivity index (χ3n) is 8.83. The van der Waals surface area contributed by atoms with Gasteiger partial charge in [-0.2, -0.15) is 0 Å². The number of fused-ring (bicyclic) bond motifs is 2. The van der Waals surface area contributed by atoms with Gasteiger partial charge in [-0.05, 0) is 62.6 Å². The lowest BCUT2D eigenvalue weighted by molar-refractivity contribution is 0.0828. The van der Waals surface area contributed by atoms with E-state index in [9.17, 15) is 0 Å². The number of nitrogens with two attached hydrogens (primary N) is 1. The number of nitrogens with zero attached hydrogens (tertiary/aromatic N) is 7. The van der Waals surface area contributed by atoms with E-state index >= 15 is 0 Å². The van der Waals surface area contributed by atoms with Crippen LogP contribution in [-0.4, -0.2) is 73.6 Å². The predicted octanol–water partition coefficient (Wildman–Crippen LogP) is 6.41. The highest BCUT2D eigenvalue weighted by Gasteiger charge is 2.30. The molecule has 0 spiro atoms. The Morgan fingerprint density at radius 3 is 2.36 bits per heavy atom. The molecule has 2 aromatic carbocycles. The molecule has 2 fully saturated rings. The fraction of sp³-hybridized carbons (Fsp3) is 0.355. The topological polar surface area (TPSA) is 101 Å². The molecule has 5 aromatic rings. The molecule has 1 saturated carbocycles. The summed E-state index contributed by atoms with van der Waals surface area (Å²) in [6, 6.07) is 12.8. The van der Waals surface area contributed by atoms with Crippen LogP contribution >= 0.6 is 23.2 Å². The van der Waals surface area contributed by atoms with Gasteiger partial charge in [-0.15, -0.1) is 0 Å². The number of piperazine rings is 1. The van der Waals surface area contributed by atoms with Crippen LogP contribution in [0.3, 0.4) is 0 Å². The smallest absolute Gasteiger partial charge is 0.227 e. The highest BCUT2D eigenvalue weighted by atomic mass is 35.5. The summed E-state index contributed by atoms with van der Waals surface area (Å²) in [6.45, 7) is 4.67. The first-order chi connectivity index (χ1) is 20.4. The van der Waals surface area contributed by atoms with Crippen LogP contribution in [0.5, 0.6) is 0 Å². The summed E-state index contributed by atoms with van der Waals surface area (Å²) < 4.78 is 2.34. The number of nitrogens with one attached hydrogen (secondary N) is 1. The summed E-state index contributed by atoms with van der Waals surface area (Å²) in [5.41, 5.74) is 11.0. The van der Waals surface area contributed by atoms with Gasteiger partial charge in [0.2, 0.25) is 5.95 Å². The molecule has 1 aliphatic heterocycles. The first kappa shape index (κ1) is 27.3. The molecule has 4 heterocycles. The minimum Gasteiger partial charge on any atom is -0.383 e. The molecular weight excluding hydrogens is 569 g/mol. The molecule has 0 bridgehead atoms. The van der Waals surface area contributed by atoms with E-state index in [1.54, 1.807) is 24.7 Å². The Kier molecular flexibility index (Phi) is 7.35. The molecule has 3 N–H and O–H groups in total. The number of likely N-dealkylation sites (N-methyl/N-ethyl adjacent to an activating group) is 1. The molecule has 7 rings (SSSR count). The summed E-state index contributed by atoms with van der Waals surface area (Å²) in [7, 11) is 2.22. The first-order valence-corrected chi connectivity index (χ1v) is 15.2. The third-order valence-corrected chi connectivity index (χ3v) is 9.55. The van der Waals surface area contributed by atoms with Gasteiger partial charge in [0.15, 0.2) is 0 Å². The third kappa shape index (κ3) is 5.26. The van der Waals surface area contributed by atoms with Crippen molar-refractivity contribution in [1.82, 2.24) is 34.3 Å². The molecule has 0 amide bonds. The molecule has 0 radical (unpaired) electrons. The Morgan fingerprint density at radius 2 is 1.60 bits per heavy atom. The van der Waals surface area contributed by atoms with Gasteiger partial charge >= 0.3 is 0 Å². The van der Waals surface area contributed by atoms with Crippen molar-refractivity contribution in [3.05, 3.63) is 65.2 Å². The summed E-state index contributed by atoms with van der Waals surface area (Å²) in [5, 5.41) is 5.97.